The number of nitrogens with one attached hydrogen (secondary N) is 2. The molecular formula is C17H25N3O3. The first-order valence-corrected chi connectivity index (χ1v) is 7.92. The van der Waals surface area contributed by atoms with Crippen LogP contribution in [0.2, 0.25) is 0 Å². The van der Waals surface area contributed by atoms with Crippen LogP contribution in [0.1, 0.15) is 40.0 Å². The predicted molar refractivity (Wildman–Crippen MR) is 89.5 cm³/mol. The van der Waals surface area contributed by atoms with Crippen LogP contribution in [-0.2, 0) is 4.74 Å². The molecule has 6 heteroatoms. The summed E-state index contributed by atoms with van der Waals surface area (Å²) in [7, 11) is 0. The Morgan fingerprint density at radius 3 is 2.48 bits per heavy atom. The van der Waals surface area contributed by atoms with E-state index in [1.165, 1.54) is 6.42 Å². The lowest BCUT2D eigenvalue weighted by atomic mass is 9.94. The zero-order valence-electron chi connectivity index (χ0n) is 14.0. The third-order valence-electron chi connectivity index (χ3n) is 3.24. The van der Waals surface area contributed by atoms with Crippen LogP contribution >= 0.6 is 0 Å². The van der Waals surface area contributed by atoms with Crippen molar-refractivity contribution in [3.8, 4) is 5.75 Å². The number of ether oxygens (including phenoxy) is 2. The van der Waals surface area contributed by atoms with Gasteiger partial charge in [0.15, 0.2) is 5.84 Å². The van der Waals surface area contributed by atoms with Gasteiger partial charge in [-0.1, -0.05) is 18.2 Å². The van der Waals surface area contributed by atoms with Crippen molar-refractivity contribution in [1.29, 1.82) is 0 Å². The number of rotatable bonds is 4. The van der Waals surface area contributed by atoms with E-state index in [1.54, 1.807) is 0 Å². The molecule has 1 aromatic carbocycles. The highest BCUT2D eigenvalue weighted by atomic mass is 16.6. The zero-order valence-corrected chi connectivity index (χ0v) is 14.0. The summed E-state index contributed by atoms with van der Waals surface area (Å²) >= 11 is 0. The van der Waals surface area contributed by atoms with Crippen molar-refractivity contribution in [1.82, 2.24) is 10.9 Å². The summed E-state index contributed by atoms with van der Waals surface area (Å²) in [6, 6.07) is 9.80. The third kappa shape index (κ3) is 6.59. The Bertz CT molecular complexity index is 534. The molecule has 126 valence electrons. The maximum absolute atomic E-state index is 11.7. The molecular weight excluding hydrogens is 294 g/mol. The highest BCUT2D eigenvalue weighted by molar-refractivity contribution is 5.85. The molecule has 1 aliphatic rings. The smallest absolute Gasteiger partial charge is 0.426 e. The number of amides is 1. The summed E-state index contributed by atoms with van der Waals surface area (Å²) in [6.45, 7) is 5.70. The molecule has 0 aromatic heterocycles. The molecule has 0 unspecified atom stereocenters. The summed E-state index contributed by atoms with van der Waals surface area (Å²) in [5, 5.41) is 0. The van der Waals surface area contributed by atoms with Crippen molar-refractivity contribution in [2.75, 3.05) is 6.61 Å². The Labute approximate surface area is 137 Å². The quantitative estimate of drug-likeness (QED) is 0.508. The van der Waals surface area contributed by atoms with E-state index in [1.807, 2.05) is 51.1 Å². The average Bonchev–Trinajstić information content (AvgIpc) is 2.44. The van der Waals surface area contributed by atoms with Crippen LogP contribution in [0.15, 0.2) is 35.3 Å². The molecule has 2 N–H and O–H groups in total. The van der Waals surface area contributed by atoms with Crippen LogP contribution < -0.4 is 15.6 Å². The van der Waals surface area contributed by atoms with Crippen molar-refractivity contribution in [3.05, 3.63) is 30.3 Å². The van der Waals surface area contributed by atoms with Crippen LogP contribution in [0, 0.1) is 0 Å². The van der Waals surface area contributed by atoms with Gasteiger partial charge in [-0.3, -0.25) is 10.4 Å². The third-order valence-corrected chi connectivity index (χ3v) is 3.24. The molecule has 2 rings (SSSR count). The number of para-hydroxylation sites is 1. The standard InChI is InChI=1S/C17H25N3O3/c1-17(2,3)23-16(21)20-19-15(18-13-8-7-9-13)12-22-14-10-5-4-6-11-14/h4-6,10-11,13H,7-9,12H2,1-3H3,(H,18,19)(H,20,21). The van der Waals surface area contributed by atoms with Gasteiger partial charge in [-0.2, -0.15) is 0 Å². The number of hydrazine groups is 1. The van der Waals surface area contributed by atoms with E-state index >= 15 is 0 Å². The fraction of sp³-hybridized carbons (Fsp3) is 0.529. The van der Waals surface area contributed by atoms with Crippen LogP contribution in [0.25, 0.3) is 0 Å². The second kappa shape index (κ2) is 7.85. The maximum Gasteiger partial charge on any atom is 0.426 e. The largest absolute Gasteiger partial charge is 0.486 e. The number of carbonyl (C=O) groups is 1. The van der Waals surface area contributed by atoms with Gasteiger partial charge < -0.3 is 9.47 Å². The van der Waals surface area contributed by atoms with Gasteiger partial charge >= 0.3 is 6.09 Å². The van der Waals surface area contributed by atoms with Crippen molar-refractivity contribution < 1.29 is 14.3 Å². The summed E-state index contributed by atoms with van der Waals surface area (Å²) in [5.41, 5.74) is 4.78. The molecule has 1 aromatic rings. The number of hydrogen-bond donors (Lipinski definition) is 2. The molecule has 1 amide bonds. The van der Waals surface area contributed by atoms with Gasteiger partial charge in [0.1, 0.15) is 18.0 Å². The Balaban J connectivity index is 1.87. The van der Waals surface area contributed by atoms with Crippen LogP contribution in [-0.4, -0.2) is 30.2 Å². The Morgan fingerprint density at radius 2 is 1.91 bits per heavy atom. The molecule has 1 saturated carbocycles. The summed E-state index contributed by atoms with van der Waals surface area (Å²) in [5.74, 6) is 1.34. The van der Waals surface area contributed by atoms with Gasteiger partial charge in [0, 0.05) is 0 Å². The highest BCUT2D eigenvalue weighted by Crippen LogP contribution is 2.21. The molecule has 0 saturated heterocycles. The molecule has 1 aliphatic carbocycles. The van der Waals surface area contributed by atoms with Gasteiger partial charge in [0.25, 0.3) is 0 Å². The van der Waals surface area contributed by atoms with E-state index in [0.717, 1.165) is 18.6 Å². The number of amidine groups is 1. The van der Waals surface area contributed by atoms with Crippen molar-refractivity contribution in [2.24, 2.45) is 4.99 Å². The Hall–Kier alpha value is -2.24. The number of hydrogen-bond acceptors (Lipinski definition) is 4. The molecule has 1 fully saturated rings. The van der Waals surface area contributed by atoms with E-state index in [-0.39, 0.29) is 6.61 Å². The van der Waals surface area contributed by atoms with Gasteiger partial charge in [0.05, 0.1) is 6.04 Å². The molecule has 0 heterocycles. The number of benzene rings is 1. The summed E-state index contributed by atoms with van der Waals surface area (Å²) in [4.78, 5) is 16.3. The zero-order chi connectivity index (χ0) is 16.7. The van der Waals surface area contributed by atoms with E-state index in [2.05, 4.69) is 15.8 Å². The van der Waals surface area contributed by atoms with Crippen LogP contribution in [0.3, 0.4) is 0 Å². The van der Waals surface area contributed by atoms with E-state index < -0.39 is 11.7 Å². The minimum atomic E-state index is -0.544. The lowest BCUT2D eigenvalue weighted by molar-refractivity contribution is 0.0512. The minimum Gasteiger partial charge on any atom is -0.486 e. The van der Waals surface area contributed by atoms with Gasteiger partial charge in [-0.25, -0.2) is 10.2 Å². The second-order valence-electron chi connectivity index (χ2n) is 6.51. The first-order chi connectivity index (χ1) is 10.9. The van der Waals surface area contributed by atoms with Gasteiger partial charge in [-0.05, 0) is 52.2 Å². The van der Waals surface area contributed by atoms with Crippen molar-refractivity contribution in [3.63, 3.8) is 0 Å². The van der Waals surface area contributed by atoms with E-state index in [9.17, 15) is 4.79 Å². The fourth-order valence-corrected chi connectivity index (χ4v) is 1.94. The first-order valence-electron chi connectivity index (χ1n) is 7.92. The molecule has 6 nitrogen and oxygen atoms in total. The molecule has 0 atom stereocenters. The van der Waals surface area contributed by atoms with Gasteiger partial charge in [0.2, 0.25) is 0 Å². The number of nitrogens with zero attached hydrogens (tertiary/aromatic N) is 1. The SMILES string of the molecule is CC(C)(C)OC(=O)NNC(COc1ccccc1)=NC1CCC1. The lowest BCUT2D eigenvalue weighted by Crippen LogP contribution is -2.46. The Kier molecular flexibility index (Phi) is 5.84. The monoisotopic (exact) mass is 319 g/mol. The number of aliphatic imine (C=N–C) groups is 1. The van der Waals surface area contributed by atoms with Gasteiger partial charge in [-0.15, -0.1) is 0 Å². The average molecular weight is 319 g/mol. The molecule has 0 aliphatic heterocycles. The molecule has 0 spiro atoms. The molecule has 0 radical (unpaired) electrons. The molecule has 23 heavy (non-hydrogen) atoms. The highest BCUT2D eigenvalue weighted by Gasteiger charge is 2.19. The second-order valence-corrected chi connectivity index (χ2v) is 6.51. The first kappa shape index (κ1) is 17.1. The normalized spacial score (nSPS) is 15.5. The van der Waals surface area contributed by atoms with Crippen LogP contribution in [0.5, 0.6) is 5.75 Å². The van der Waals surface area contributed by atoms with Crippen LogP contribution in [0.4, 0.5) is 4.79 Å². The van der Waals surface area contributed by atoms with E-state index in [4.69, 9.17) is 9.47 Å². The summed E-state index contributed by atoms with van der Waals surface area (Å²) in [6.07, 6.45) is 2.80. The molecule has 0 bridgehead atoms. The maximum atomic E-state index is 11.7. The lowest BCUT2D eigenvalue weighted by Gasteiger charge is -2.24. The van der Waals surface area contributed by atoms with Crippen molar-refractivity contribution >= 4 is 11.9 Å². The Morgan fingerprint density at radius 1 is 1.22 bits per heavy atom. The number of carbonyl (C=O) groups excluding carboxylic acids is 1. The predicted octanol–water partition coefficient (Wildman–Crippen LogP) is 3.05. The fourth-order valence-electron chi connectivity index (χ4n) is 1.94. The van der Waals surface area contributed by atoms with Crippen molar-refractivity contribution in [2.45, 2.75) is 51.7 Å². The summed E-state index contributed by atoms with van der Waals surface area (Å²) < 4.78 is 10.9. The minimum absolute atomic E-state index is 0.260. The van der Waals surface area contributed by atoms with E-state index in [0.29, 0.717) is 11.9 Å². The topological polar surface area (TPSA) is 72.0 Å².